The van der Waals surface area contributed by atoms with E-state index in [-0.39, 0.29) is 12.6 Å². The van der Waals surface area contributed by atoms with Gasteiger partial charge in [-0.1, -0.05) is 0 Å². The number of aliphatic carboxylic acids is 1. The molecular weight excluding hydrogens is 242 g/mol. The molecule has 2 amide bonds. The van der Waals surface area contributed by atoms with Gasteiger partial charge in [-0.2, -0.15) is 0 Å². The normalized spacial score (nSPS) is 11.9. The summed E-state index contributed by atoms with van der Waals surface area (Å²) in [5, 5.41) is 12.0. The highest BCUT2D eigenvalue weighted by Gasteiger charge is 2.16. The van der Waals surface area contributed by atoms with Crippen LogP contribution in [0.25, 0.3) is 0 Å². The van der Waals surface area contributed by atoms with Gasteiger partial charge in [0.1, 0.15) is 11.6 Å². The number of hydrogen-bond acceptors (Lipinski definition) is 4. The van der Waals surface area contributed by atoms with Crippen LogP contribution in [0.2, 0.25) is 0 Å². The van der Waals surface area contributed by atoms with Crippen LogP contribution in [-0.2, 0) is 4.79 Å². The molecule has 0 saturated carbocycles. The molecule has 0 aromatic carbocycles. The van der Waals surface area contributed by atoms with Crippen molar-refractivity contribution in [2.45, 2.75) is 19.9 Å². The van der Waals surface area contributed by atoms with Gasteiger partial charge in [0.05, 0.1) is 6.04 Å². The van der Waals surface area contributed by atoms with Gasteiger partial charge in [0.15, 0.2) is 0 Å². The van der Waals surface area contributed by atoms with Gasteiger partial charge in [-0.3, -0.25) is 4.79 Å². The van der Waals surface area contributed by atoms with E-state index < -0.39 is 12.0 Å². The number of urea groups is 1. The highest BCUT2D eigenvalue weighted by Crippen LogP contribution is 2.18. The molecule has 0 fully saturated rings. The molecule has 0 radical (unpaired) electrons. The van der Waals surface area contributed by atoms with Crippen molar-refractivity contribution in [2.75, 3.05) is 13.6 Å². The molecule has 0 aliphatic rings. The van der Waals surface area contributed by atoms with Gasteiger partial charge in [0.2, 0.25) is 0 Å². The van der Waals surface area contributed by atoms with Crippen LogP contribution >= 0.6 is 11.3 Å². The molecule has 7 heteroatoms. The Balaban J connectivity index is 2.53. The molecule has 94 valence electrons. The number of aryl methyl sites for hydroxylation is 1. The molecule has 17 heavy (non-hydrogen) atoms. The number of likely N-dealkylation sites (N-methyl/N-ethyl adjacent to an activating group) is 1. The van der Waals surface area contributed by atoms with Gasteiger partial charge in [0.25, 0.3) is 0 Å². The molecule has 1 aromatic rings. The SMILES string of the molecule is Cc1cnc(C(C)NC(=O)N(C)CC(=O)O)s1. The highest BCUT2D eigenvalue weighted by molar-refractivity contribution is 7.11. The first-order valence-electron chi connectivity index (χ1n) is 5.06. The Bertz CT molecular complexity index is 419. The first kappa shape index (κ1) is 13.4. The molecule has 0 aliphatic heterocycles. The van der Waals surface area contributed by atoms with E-state index in [1.165, 1.54) is 18.4 Å². The summed E-state index contributed by atoms with van der Waals surface area (Å²) in [5.74, 6) is -1.04. The molecule has 1 atom stereocenters. The average molecular weight is 257 g/mol. The summed E-state index contributed by atoms with van der Waals surface area (Å²) >= 11 is 1.50. The standard InChI is InChI=1S/C10H15N3O3S/c1-6-4-11-9(17-6)7(2)12-10(16)13(3)5-8(14)15/h4,7H,5H2,1-3H3,(H,12,16)(H,14,15). The van der Waals surface area contributed by atoms with E-state index in [1.54, 1.807) is 6.20 Å². The first-order valence-corrected chi connectivity index (χ1v) is 5.87. The van der Waals surface area contributed by atoms with Crippen LogP contribution in [0.1, 0.15) is 22.9 Å². The predicted molar refractivity (Wildman–Crippen MR) is 64.1 cm³/mol. The van der Waals surface area contributed by atoms with Crippen molar-refractivity contribution in [1.29, 1.82) is 0 Å². The number of carboxylic acids is 1. The first-order chi connectivity index (χ1) is 7.90. The molecule has 0 bridgehead atoms. The van der Waals surface area contributed by atoms with Crippen LogP contribution in [0, 0.1) is 6.92 Å². The monoisotopic (exact) mass is 257 g/mol. The summed E-state index contributed by atoms with van der Waals surface area (Å²) in [6.45, 7) is 3.42. The number of nitrogens with zero attached hydrogens (tertiary/aromatic N) is 2. The van der Waals surface area contributed by atoms with Crippen LogP contribution in [0.5, 0.6) is 0 Å². The minimum absolute atomic E-state index is 0.225. The van der Waals surface area contributed by atoms with E-state index in [0.29, 0.717) is 0 Å². The molecule has 0 saturated heterocycles. The van der Waals surface area contributed by atoms with Crippen molar-refractivity contribution < 1.29 is 14.7 Å². The molecule has 0 aliphatic carbocycles. The Morgan fingerprint density at radius 3 is 2.76 bits per heavy atom. The molecule has 2 N–H and O–H groups in total. The highest BCUT2D eigenvalue weighted by atomic mass is 32.1. The molecule has 1 unspecified atom stereocenters. The van der Waals surface area contributed by atoms with E-state index in [0.717, 1.165) is 14.8 Å². The number of rotatable bonds is 4. The maximum absolute atomic E-state index is 11.6. The average Bonchev–Trinajstić information content (AvgIpc) is 2.63. The van der Waals surface area contributed by atoms with Crippen LogP contribution in [0.3, 0.4) is 0 Å². The number of hydrogen-bond donors (Lipinski definition) is 2. The number of carboxylic acid groups (broad SMARTS) is 1. The maximum atomic E-state index is 11.6. The van der Waals surface area contributed by atoms with E-state index in [4.69, 9.17) is 5.11 Å². The second-order valence-electron chi connectivity index (χ2n) is 3.73. The van der Waals surface area contributed by atoms with Crippen LogP contribution in [0.15, 0.2) is 6.20 Å². The largest absolute Gasteiger partial charge is 0.480 e. The lowest BCUT2D eigenvalue weighted by Gasteiger charge is -2.18. The van der Waals surface area contributed by atoms with Crippen LogP contribution < -0.4 is 5.32 Å². The van der Waals surface area contributed by atoms with Gasteiger partial charge in [0, 0.05) is 18.1 Å². The summed E-state index contributed by atoms with van der Waals surface area (Å²) < 4.78 is 0. The summed E-state index contributed by atoms with van der Waals surface area (Å²) in [6, 6.07) is -0.648. The van der Waals surface area contributed by atoms with E-state index in [1.807, 2.05) is 13.8 Å². The smallest absolute Gasteiger partial charge is 0.323 e. The second-order valence-corrected chi connectivity index (χ2v) is 5.00. The second kappa shape index (κ2) is 5.62. The lowest BCUT2D eigenvalue weighted by molar-refractivity contribution is -0.137. The Morgan fingerprint density at radius 2 is 2.29 bits per heavy atom. The van der Waals surface area contributed by atoms with Crippen molar-refractivity contribution in [2.24, 2.45) is 0 Å². The summed E-state index contributed by atoms with van der Waals surface area (Å²) in [4.78, 5) is 28.4. The van der Waals surface area contributed by atoms with Gasteiger partial charge in [-0.05, 0) is 13.8 Å². The Hall–Kier alpha value is -1.63. The lowest BCUT2D eigenvalue weighted by Crippen LogP contribution is -2.41. The molecular formula is C10H15N3O3S. The van der Waals surface area contributed by atoms with Gasteiger partial charge in [-0.25, -0.2) is 9.78 Å². The molecule has 1 aromatic heterocycles. The van der Waals surface area contributed by atoms with E-state index in [2.05, 4.69) is 10.3 Å². The van der Waals surface area contributed by atoms with Crippen molar-refractivity contribution in [3.05, 3.63) is 16.1 Å². The summed E-state index contributed by atoms with van der Waals surface area (Å²) in [6.07, 6.45) is 1.74. The van der Waals surface area contributed by atoms with Gasteiger partial charge in [-0.15, -0.1) is 11.3 Å². The van der Waals surface area contributed by atoms with Crippen LogP contribution in [-0.4, -0.2) is 40.6 Å². The van der Waals surface area contributed by atoms with Crippen molar-refractivity contribution in [1.82, 2.24) is 15.2 Å². The molecule has 6 nitrogen and oxygen atoms in total. The maximum Gasteiger partial charge on any atom is 0.323 e. The van der Waals surface area contributed by atoms with E-state index >= 15 is 0 Å². The third-order valence-corrected chi connectivity index (χ3v) is 3.16. The number of amides is 2. The van der Waals surface area contributed by atoms with Gasteiger partial charge >= 0.3 is 12.0 Å². The number of carbonyl (C=O) groups excluding carboxylic acids is 1. The van der Waals surface area contributed by atoms with E-state index in [9.17, 15) is 9.59 Å². The van der Waals surface area contributed by atoms with Crippen molar-refractivity contribution >= 4 is 23.3 Å². The zero-order chi connectivity index (χ0) is 13.0. The lowest BCUT2D eigenvalue weighted by atomic mass is 10.3. The topological polar surface area (TPSA) is 82.5 Å². The minimum Gasteiger partial charge on any atom is -0.480 e. The number of aromatic nitrogens is 1. The Labute approximate surface area is 103 Å². The molecule has 1 rings (SSSR count). The molecule has 1 heterocycles. The third-order valence-electron chi connectivity index (χ3n) is 2.07. The molecule has 0 spiro atoms. The number of nitrogens with one attached hydrogen (secondary N) is 1. The fourth-order valence-electron chi connectivity index (χ4n) is 1.20. The van der Waals surface area contributed by atoms with Gasteiger partial charge < -0.3 is 15.3 Å². The Morgan fingerprint density at radius 1 is 1.65 bits per heavy atom. The Kier molecular flexibility index (Phi) is 4.45. The van der Waals surface area contributed by atoms with Crippen molar-refractivity contribution in [3.8, 4) is 0 Å². The van der Waals surface area contributed by atoms with Crippen LogP contribution in [0.4, 0.5) is 4.79 Å². The zero-order valence-electron chi connectivity index (χ0n) is 9.93. The number of carbonyl (C=O) groups is 2. The fourth-order valence-corrected chi connectivity index (χ4v) is 1.98. The minimum atomic E-state index is -1.04. The predicted octanol–water partition coefficient (Wildman–Crippen LogP) is 1.24. The summed E-state index contributed by atoms with van der Waals surface area (Å²) in [7, 11) is 1.43. The number of thiazole rings is 1. The quantitative estimate of drug-likeness (QED) is 0.850. The third kappa shape index (κ3) is 4.03. The van der Waals surface area contributed by atoms with Crippen molar-refractivity contribution in [3.63, 3.8) is 0 Å². The fraction of sp³-hybridized carbons (Fsp3) is 0.500. The summed E-state index contributed by atoms with van der Waals surface area (Å²) in [5.41, 5.74) is 0. The zero-order valence-corrected chi connectivity index (χ0v) is 10.7.